The predicted octanol–water partition coefficient (Wildman–Crippen LogP) is 5.09. The summed E-state index contributed by atoms with van der Waals surface area (Å²) in [5.74, 6) is -0.550. The number of hydrogen-bond acceptors (Lipinski definition) is 2. The van der Waals surface area contributed by atoms with E-state index in [1.54, 1.807) is 24.3 Å². The highest BCUT2D eigenvalue weighted by molar-refractivity contribution is 6.39. The highest BCUT2D eigenvalue weighted by Gasteiger charge is 2.18. The molecule has 3 rings (SSSR count). The molecule has 8 heteroatoms. The van der Waals surface area contributed by atoms with E-state index in [-0.39, 0.29) is 24.9 Å². The summed E-state index contributed by atoms with van der Waals surface area (Å²) in [7, 11) is 0. The van der Waals surface area contributed by atoms with Crippen LogP contribution in [0.2, 0.25) is 15.1 Å². The number of carbonyl (C=O) groups is 2. The number of nitrogens with zero attached hydrogens (tertiary/aromatic N) is 2. The first-order valence-electron chi connectivity index (χ1n) is 8.65. The molecule has 0 aliphatic heterocycles. The molecular weight excluding hydrogens is 421 g/mol. The number of aromatic nitrogens is 1. The third-order valence-electron chi connectivity index (χ3n) is 4.34. The van der Waals surface area contributed by atoms with E-state index >= 15 is 0 Å². The van der Waals surface area contributed by atoms with Gasteiger partial charge in [0.15, 0.2) is 0 Å². The third-order valence-corrected chi connectivity index (χ3v) is 5.20. The Morgan fingerprint density at radius 1 is 1.07 bits per heavy atom. The van der Waals surface area contributed by atoms with Gasteiger partial charge in [-0.15, -0.1) is 0 Å². The molecule has 0 fully saturated rings. The molecule has 3 aromatic rings. The van der Waals surface area contributed by atoms with Crippen molar-refractivity contribution in [2.75, 3.05) is 18.4 Å². The molecule has 0 radical (unpaired) electrons. The molecule has 5 nitrogen and oxygen atoms in total. The minimum Gasteiger partial charge on any atom is -0.338 e. The van der Waals surface area contributed by atoms with Crippen molar-refractivity contribution in [3.8, 4) is 0 Å². The summed E-state index contributed by atoms with van der Waals surface area (Å²) in [5.41, 5.74) is 1.20. The van der Waals surface area contributed by atoms with Crippen molar-refractivity contribution in [2.24, 2.45) is 0 Å². The molecule has 0 saturated carbocycles. The Hall–Kier alpha value is -2.21. The predicted molar refractivity (Wildman–Crippen MR) is 114 cm³/mol. The van der Waals surface area contributed by atoms with E-state index in [0.717, 1.165) is 10.9 Å². The van der Waals surface area contributed by atoms with E-state index in [2.05, 4.69) is 5.32 Å². The number of halogens is 3. The average molecular weight is 439 g/mol. The zero-order chi connectivity index (χ0) is 20.3. The first-order chi connectivity index (χ1) is 13.4. The highest BCUT2D eigenvalue weighted by atomic mass is 35.5. The molecule has 2 amide bonds. The minimum absolute atomic E-state index is 0.100. The summed E-state index contributed by atoms with van der Waals surface area (Å²) >= 11 is 18.2. The number of rotatable bonds is 6. The van der Waals surface area contributed by atoms with E-state index in [1.807, 2.05) is 35.9 Å². The fourth-order valence-electron chi connectivity index (χ4n) is 2.89. The Kier molecular flexibility index (Phi) is 6.50. The SMILES string of the molecule is CCN(CC(=O)Nc1c(Cl)cccc1Cl)C(=O)Cn1ccc2ccc(Cl)cc21. The Balaban J connectivity index is 1.69. The molecule has 0 unspecified atom stereocenters. The Bertz CT molecular complexity index is 1010. The van der Waals surface area contributed by atoms with Gasteiger partial charge in [0.2, 0.25) is 11.8 Å². The van der Waals surface area contributed by atoms with Gasteiger partial charge in [0.25, 0.3) is 0 Å². The highest BCUT2D eigenvalue weighted by Crippen LogP contribution is 2.29. The summed E-state index contributed by atoms with van der Waals surface area (Å²) in [6, 6.07) is 12.4. The maximum atomic E-state index is 12.7. The second-order valence-corrected chi connectivity index (χ2v) is 7.45. The maximum absolute atomic E-state index is 12.7. The molecule has 146 valence electrons. The lowest BCUT2D eigenvalue weighted by Crippen LogP contribution is -2.39. The van der Waals surface area contributed by atoms with Crippen molar-refractivity contribution in [2.45, 2.75) is 13.5 Å². The van der Waals surface area contributed by atoms with Crippen LogP contribution in [0.1, 0.15) is 6.92 Å². The number of benzene rings is 2. The van der Waals surface area contributed by atoms with E-state index in [4.69, 9.17) is 34.8 Å². The number of fused-ring (bicyclic) bond motifs is 1. The molecule has 2 aromatic carbocycles. The second kappa shape index (κ2) is 8.86. The van der Waals surface area contributed by atoms with Crippen LogP contribution < -0.4 is 5.32 Å². The molecule has 0 aliphatic rings. The summed E-state index contributed by atoms with van der Waals surface area (Å²) < 4.78 is 1.81. The van der Waals surface area contributed by atoms with Crippen LogP contribution in [0.4, 0.5) is 5.69 Å². The summed E-state index contributed by atoms with van der Waals surface area (Å²) in [4.78, 5) is 26.6. The molecule has 1 aromatic heterocycles. The van der Waals surface area contributed by atoms with Crippen molar-refractivity contribution in [3.63, 3.8) is 0 Å². The lowest BCUT2D eigenvalue weighted by atomic mass is 10.2. The molecule has 1 heterocycles. The zero-order valence-corrected chi connectivity index (χ0v) is 17.4. The number of anilines is 1. The monoisotopic (exact) mass is 437 g/mol. The van der Waals surface area contributed by atoms with Crippen molar-refractivity contribution >= 4 is 63.2 Å². The molecule has 0 aliphatic carbocycles. The fraction of sp³-hybridized carbons (Fsp3) is 0.200. The Morgan fingerprint density at radius 2 is 1.79 bits per heavy atom. The number of hydrogen-bond donors (Lipinski definition) is 1. The van der Waals surface area contributed by atoms with Crippen LogP contribution in [0.25, 0.3) is 10.9 Å². The molecule has 1 N–H and O–H groups in total. The topological polar surface area (TPSA) is 54.3 Å². The smallest absolute Gasteiger partial charge is 0.244 e. The quantitative estimate of drug-likeness (QED) is 0.583. The van der Waals surface area contributed by atoms with Crippen LogP contribution in [0.3, 0.4) is 0 Å². The van der Waals surface area contributed by atoms with Crippen molar-refractivity contribution in [1.29, 1.82) is 0 Å². The van der Waals surface area contributed by atoms with Gasteiger partial charge >= 0.3 is 0 Å². The van der Waals surface area contributed by atoms with Gasteiger partial charge in [0, 0.05) is 23.3 Å². The van der Waals surface area contributed by atoms with E-state index in [9.17, 15) is 9.59 Å². The third kappa shape index (κ3) is 4.61. The summed E-state index contributed by atoms with van der Waals surface area (Å²) in [5, 5.41) is 4.94. The lowest BCUT2D eigenvalue weighted by Gasteiger charge is -2.21. The maximum Gasteiger partial charge on any atom is 0.244 e. The number of para-hydroxylation sites is 1. The number of nitrogens with one attached hydrogen (secondary N) is 1. The molecule has 0 spiro atoms. The van der Waals surface area contributed by atoms with E-state index < -0.39 is 0 Å². The standard InChI is InChI=1S/C20H18Cl3N3O2/c1-2-25(11-18(27)24-20-15(22)4-3-5-16(20)23)19(28)12-26-9-8-13-6-7-14(21)10-17(13)26/h3-10H,2,11-12H2,1H3,(H,24,27). The number of carbonyl (C=O) groups excluding carboxylic acids is 2. The molecular formula is C20H18Cl3N3O2. The average Bonchev–Trinajstić information content (AvgIpc) is 3.04. The van der Waals surface area contributed by atoms with E-state index in [0.29, 0.717) is 27.3 Å². The minimum atomic E-state index is -0.370. The van der Waals surface area contributed by atoms with Crippen molar-refractivity contribution in [1.82, 2.24) is 9.47 Å². The molecule has 0 saturated heterocycles. The van der Waals surface area contributed by atoms with Crippen LogP contribution in [0.15, 0.2) is 48.7 Å². The zero-order valence-electron chi connectivity index (χ0n) is 15.1. The van der Waals surface area contributed by atoms with Crippen molar-refractivity contribution in [3.05, 3.63) is 63.7 Å². The van der Waals surface area contributed by atoms with Gasteiger partial charge in [-0.25, -0.2) is 0 Å². The number of likely N-dealkylation sites (N-methyl/N-ethyl adjacent to an activating group) is 1. The van der Waals surface area contributed by atoms with Gasteiger partial charge in [-0.1, -0.05) is 46.9 Å². The van der Waals surface area contributed by atoms with Gasteiger partial charge < -0.3 is 14.8 Å². The first kappa shape index (κ1) is 20.5. The first-order valence-corrected chi connectivity index (χ1v) is 9.78. The van der Waals surface area contributed by atoms with Crippen LogP contribution in [0.5, 0.6) is 0 Å². The second-order valence-electron chi connectivity index (χ2n) is 6.20. The van der Waals surface area contributed by atoms with Gasteiger partial charge in [0.1, 0.15) is 6.54 Å². The van der Waals surface area contributed by atoms with Crippen LogP contribution in [0, 0.1) is 0 Å². The van der Waals surface area contributed by atoms with E-state index in [1.165, 1.54) is 4.90 Å². The van der Waals surface area contributed by atoms with Crippen LogP contribution >= 0.6 is 34.8 Å². The molecule has 0 bridgehead atoms. The van der Waals surface area contributed by atoms with Crippen molar-refractivity contribution < 1.29 is 9.59 Å². The van der Waals surface area contributed by atoms with Gasteiger partial charge in [-0.3, -0.25) is 9.59 Å². The normalized spacial score (nSPS) is 10.9. The number of amides is 2. The Morgan fingerprint density at radius 3 is 2.46 bits per heavy atom. The molecule has 0 atom stereocenters. The summed E-state index contributed by atoms with van der Waals surface area (Å²) in [6.07, 6.45) is 1.83. The van der Waals surface area contributed by atoms with Gasteiger partial charge in [-0.05, 0) is 42.6 Å². The molecule has 28 heavy (non-hydrogen) atoms. The van der Waals surface area contributed by atoms with Gasteiger partial charge in [0.05, 0.1) is 22.3 Å². The lowest BCUT2D eigenvalue weighted by molar-refractivity contribution is -0.134. The van der Waals surface area contributed by atoms with Crippen LogP contribution in [-0.2, 0) is 16.1 Å². The largest absolute Gasteiger partial charge is 0.338 e. The Labute approximate surface area is 177 Å². The van der Waals surface area contributed by atoms with Crippen LogP contribution in [-0.4, -0.2) is 34.4 Å². The summed E-state index contributed by atoms with van der Waals surface area (Å²) in [6.45, 7) is 2.22. The van der Waals surface area contributed by atoms with Gasteiger partial charge in [-0.2, -0.15) is 0 Å². The fourth-order valence-corrected chi connectivity index (χ4v) is 3.54.